The Morgan fingerprint density at radius 1 is 1.07 bits per heavy atom. The van der Waals surface area contributed by atoms with Gasteiger partial charge in [-0.05, 0) is 54.7 Å². The fraction of sp³-hybridized carbons (Fsp3) is 0.318. The van der Waals surface area contributed by atoms with Crippen LogP contribution in [0.25, 0.3) is 5.69 Å². The van der Waals surface area contributed by atoms with Crippen LogP contribution >= 0.6 is 0 Å². The highest BCUT2D eigenvalue weighted by atomic mass is 16.5. The zero-order valence-electron chi connectivity index (χ0n) is 16.6. The lowest BCUT2D eigenvalue weighted by molar-refractivity contribution is 0.0787. The molecular formula is C22H24N4O3. The highest BCUT2D eigenvalue weighted by Crippen LogP contribution is 2.30. The van der Waals surface area contributed by atoms with Gasteiger partial charge in [0.25, 0.3) is 5.91 Å². The van der Waals surface area contributed by atoms with Crippen LogP contribution in [0.2, 0.25) is 0 Å². The maximum atomic E-state index is 13.0. The first-order valence-electron chi connectivity index (χ1n) is 9.63. The Bertz CT molecular complexity index is 987. The molecule has 2 aromatic carbocycles. The number of carbonyl (C=O) groups excluding carboxylic acids is 1. The quantitative estimate of drug-likeness (QED) is 0.645. The summed E-state index contributed by atoms with van der Waals surface area (Å²) in [6.07, 6.45) is 5.15. The van der Waals surface area contributed by atoms with E-state index in [9.17, 15) is 4.79 Å². The summed E-state index contributed by atoms with van der Waals surface area (Å²) in [6.45, 7) is 1.53. The smallest absolute Gasteiger partial charge is 0.253 e. The highest BCUT2D eigenvalue weighted by Gasteiger charge is 2.27. The van der Waals surface area contributed by atoms with Crippen LogP contribution in [0.1, 0.15) is 22.3 Å². The first-order valence-corrected chi connectivity index (χ1v) is 9.63. The molecule has 0 spiro atoms. The summed E-state index contributed by atoms with van der Waals surface area (Å²) in [5.41, 5.74) is 2.75. The lowest BCUT2D eigenvalue weighted by atomic mass is 9.98. The Hall–Kier alpha value is -3.35. The minimum absolute atomic E-state index is 0.0646. The van der Waals surface area contributed by atoms with Crippen molar-refractivity contribution in [2.45, 2.75) is 12.8 Å². The molecule has 1 aliphatic rings. The van der Waals surface area contributed by atoms with E-state index in [0.717, 1.165) is 43.1 Å². The van der Waals surface area contributed by atoms with Crippen LogP contribution in [-0.2, 0) is 6.42 Å². The first kappa shape index (κ1) is 19.0. The number of amides is 1. The summed E-state index contributed by atoms with van der Waals surface area (Å²) >= 11 is 0. The van der Waals surface area contributed by atoms with Crippen molar-refractivity contribution in [3.8, 4) is 17.2 Å². The van der Waals surface area contributed by atoms with Crippen molar-refractivity contribution >= 4 is 5.91 Å². The van der Waals surface area contributed by atoms with Crippen LogP contribution in [0.3, 0.4) is 0 Å². The van der Waals surface area contributed by atoms with Crippen molar-refractivity contribution in [1.29, 1.82) is 0 Å². The minimum atomic E-state index is 0.0646. The van der Waals surface area contributed by atoms with Gasteiger partial charge in [0.1, 0.15) is 12.7 Å². The molecule has 0 bridgehead atoms. The number of hydrogen-bond acceptors (Lipinski definition) is 5. The second-order valence-electron chi connectivity index (χ2n) is 7.22. The van der Waals surface area contributed by atoms with Gasteiger partial charge in [0.15, 0.2) is 11.5 Å². The van der Waals surface area contributed by atoms with Gasteiger partial charge in [-0.3, -0.25) is 9.36 Å². The van der Waals surface area contributed by atoms with Gasteiger partial charge in [-0.1, -0.05) is 12.1 Å². The Kier molecular flexibility index (Phi) is 5.46. The number of methoxy groups -OCH3 is 2. The summed E-state index contributed by atoms with van der Waals surface area (Å²) in [5.74, 6) is 1.96. The molecule has 1 unspecified atom stereocenters. The lowest BCUT2D eigenvalue weighted by Crippen LogP contribution is -2.29. The monoisotopic (exact) mass is 392 g/mol. The van der Waals surface area contributed by atoms with Gasteiger partial charge in [0.2, 0.25) is 0 Å². The molecule has 0 radical (unpaired) electrons. The molecule has 29 heavy (non-hydrogen) atoms. The van der Waals surface area contributed by atoms with Crippen LogP contribution in [-0.4, -0.2) is 52.9 Å². The lowest BCUT2D eigenvalue weighted by Gasteiger charge is -2.17. The molecule has 1 fully saturated rings. The third kappa shape index (κ3) is 4.08. The van der Waals surface area contributed by atoms with Crippen LogP contribution < -0.4 is 9.47 Å². The minimum Gasteiger partial charge on any atom is -0.493 e. The number of nitrogens with zero attached hydrogens (tertiary/aromatic N) is 4. The molecule has 1 aliphatic heterocycles. The zero-order chi connectivity index (χ0) is 20.2. The van der Waals surface area contributed by atoms with E-state index in [1.165, 1.54) is 5.56 Å². The standard InChI is InChI=1S/C22H24N4O3/c1-28-20-7-6-16(11-21(20)29-2)10-17-8-9-25(13-17)22(27)18-4-3-5-19(12-18)26-14-23-24-15-26/h3-7,11-12,14-15,17H,8-10,13H2,1-2H3. The van der Waals surface area contributed by atoms with E-state index >= 15 is 0 Å². The second kappa shape index (κ2) is 8.34. The van der Waals surface area contributed by atoms with Crippen molar-refractivity contribution in [2.24, 2.45) is 5.92 Å². The van der Waals surface area contributed by atoms with E-state index in [4.69, 9.17) is 9.47 Å². The second-order valence-corrected chi connectivity index (χ2v) is 7.22. The summed E-state index contributed by atoms with van der Waals surface area (Å²) in [5, 5.41) is 7.65. The normalized spacial score (nSPS) is 16.1. The summed E-state index contributed by atoms with van der Waals surface area (Å²) < 4.78 is 12.5. The molecule has 1 aromatic heterocycles. The van der Waals surface area contributed by atoms with E-state index in [0.29, 0.717) is 11.5 Å². The Morgan fingerprint density at radius 3 is 2.62 bits per heavy atom. The van der Waals surface area contributed by atoms with E-state index < -0.39 is 0 Å². The molecule has 0 aliphatic carbocycles. The van der Waals surface area contributed by atoms with Gasteiger partial charge in [0, 0.05) is 24.3 Å². The molecule has 150 valence electrons. The SMILES string of the molecule is COc1ccc(CC2CCN(C(=O)c3cccc(-n4cnnc4)c3)C2)cc1OC. The third-order valence-corrected chi connectivity index (χ3v) is 5.36. The fourth-order valence-electron chi connectivity index (χ4n) is 3.84. The summed E-state index contributed by atoms with van der Waals surface area (Å²) in [4.78, 5) is 14.9. The molecule has 1 atom stereocenters. The van der Waals surface area contributed by atoms with Crippen molar-refractivity contribution in [3.63, 3.8) is 0 Å². The van der Waals surface area contributed by atoms with Gasteiger partial charge in [-0.2, -0.15) is 0 Å². The molecule has 7 nitrogen and oxygen atoms in total. The van der Waals surface area contributed by atoms with Gasteiger partial charge in [-0.15, -0.1) is 10.2 Å². The van der Waals surface area contributed by atoms with Crippen LogP contribution in [0.5, 0.6) is 11.5 Å². The molecule has 3 aromatic rings. The number of likely N-dealkylation sites (tertiary alicyclic amines) is 1. The van der Waals surface area contributed by atoms with E-state index in [-0.39, 0.29) is 5.91 Å². The molecule has 2 heterocycles. The molecule has 4 rings (SSSR count). The Morgan fingerprint density at radius 2 is 1.86 bits per heavy atom. The van der Waals surface area contributed by atoms with Gasteiger partial charge in [0.05, 0.1) is 14.2 Å². The Labute approximate surface area is 169 Å². The zero-order valence-corrected chi connectivity index (χ0v) is 16.6. The number of hydrogen-bond donors (Lipinski definition) is 0. The number of benzene rings is 2. The molecule has 0 saturated carbocycles. The van der Waals surface area contributed by atoms with E-state index in [1.54, 1.807) is 31.4 Å². The molecule has 7 heteroatoms. The predicted octanol–water partition coefficient (Wildman–Crippen LogP) is 2.99. The maximum absolute atomic E-state index is 13.0. The van der Waals surface area contributed by atoms with Crippen molar-refractivity contribution in [2.75, 3.05) is 27.3 Å². The van der Waals surface area contributed by atoms with Gasteiger partial charge in [-0.25, -0.2) is 0 Å². The average molecular weight is 392 g/mol. The average Bonchev–Trinajstić information content (AvgIpc) is 3.46. The maximum Gasteiger partial charge on any atom is 0.253 e. The summed E-state index contributed by atoms with van der Waals surface area (Å²) in [7, 11) is 3.28. The molecule has 0 N–H and O–H groups in total. The topological polar surface area (TPSA) is 69.5 Å². The third-order valence-electron chi connectivity index (χ3n) is 5.36. The van der Waals surface area contributed by atoms with Crippen LogP contribution in [0.4, 0.5) is 0 Å². The largest absolute Gasteiger partial charge is 0.493 e. The molecular weight excluding hydrogens is 368 g/mol. The van der Waals surface area contributed by atoms with Gasteiger partial charge < -0.3 is 14.4 Å². The van der Waals surface area contributed by atoms with Crippen molar-refractivity contribution in [1.82, 2.24) is 19.7 Å². The van der Waals surface area contributed by atoms with Crippen LogP contribution in [0.15, 0.2) is 55.1 Å². The molecule has 1 saturated heterocycles. The fourth-order valence-corrected chi connectivity index (χ4v) is 3.84. The molecule has 1 amide bonds. The van der Waals surface area contributed by atoms with Crippen molar-refractivity contribution < 1.29 is 14.3 Å². The first-order chi connectivity index (χ1) is 14.2. The Balaban J connectivity index is 1.42. The van der Waals surface area contributed by atoms with Crippen LogP contribution in [0, 0.1) is 5.92 Å². The number of aromatic nitrogens is 3. The number of rotatable bonds is 6. The van der Waals surface area contributed by atoms with Gasteiger partial charge >= 0.3 is 0 Å². The number of ether oxygens (including phenoxy) is 2. The van der Waals surface area contributed by atoms with E-state index in [2.05, 4.69) is 16.3 Å². The summed E-state index contributed by atoms with van der Waals surface area (Å²) in [6, 6.07) is 13.6. The highest BCUT2D eigenvalue weighted by molar-refractivity contribution is 5.95. The predicted molar refractivity (Wildman–Crippen MR) is 109 cm³/mol. The van der Waals surface area contributed by atoms with Crippen molar-refractivity contribution in [3.05, 3.63) is 66.2 Å². The number of carbonyl (C=O) groups is 1. The van der Waals surface area contributed by atoms with E-state index in [1.807, 2.05) is 41.3 Å².